The average molecular weight is 286 g/mol. The third-order valence-electron chi connectivity index (χ3n) is 3.10. The Balaban J connectivity index is 2.28. The molecule has 1 atom stereocenters. The fourth-order valence-electron chi connectivity index (χ4n) is 2.00. The van der Waals surface area contributed by atoms with E-state index in [-0.39, 0.29) is 23.7 Å². The summed E-state index contributed by atoms with van der Waals surface area (Å²) in [6.07, 6.45) is 0.374. The van der Waals surface area contributed by atoms with Gasteiger partial charge >= 0.3 is 0 Å². The number of hydrogen-bond donors (Lipinski definition) is 1. The van der Waals surface area contributed by atoms with Gasteiger partial charge in [-0.1, -0.05) is 0 Å². The minimum absolute atomic E-state index is 0.00389. The number of hydrogen-bond acceptors (Lipinski definition) is 5. The van der Waals surface area contributed by atoms with Crippen LogP contribution in [0.2, 0.25) is 0 Å². The molecule has 1 aliphatic rings. The van der Waals surface area contributed by atoms with Crippen molar-refractivity contribution in [2.75, 3.05) is 13.1 Å². The molecular weight excluding hydrogens is 272 g/mol. The van der Waals surface area contributed by atoms with Crippen molar-refractivity contribution < 1.29 is 18.4 Å². The van der Waals surface area contributed by atoms with Crippen molar-refractivity contribution in [3.05, 3.63) is 34.4 Å². The first-order chi connectivity index (χ1) is 8.72. The molecule has 1 aromatic rings. The molecule has 0 aliphatic carbocycles. The van der Waals surface area contributed by atoms with Gasteiger partial charge in [-0.3, -0.25) is 10.1 Å². The Morgan fingerprint density at radius 3 is 2.37 bits per heavy atom. The van der Waals surface area contributed by atoms with Crippen molar-refractivity contribution in [3.63, 3.8) is 0 Å². The van der Waals surface area contributed by atoms with E-state index in [2.05, 4.69) is 0 Å². The quantitative estimate of drug-likeness (QED) is 0.652. The Labute approximate surface area is 110 Å². The molecule has 1 unspecified atom stereocenters. The van der Waals surface area contributed by atoms with Gasteiger partial charge in [0.2, 0.25) is 10.0 Å². The molecule has 0 aromatic heterocycles. The second-order valence-electron chi connectivity index (χ2n) is 4.84. The van der Waals surface area contributed by atoms with Gasteiger partial charge in [0.15, 0.2) is 0 Å². The maximum Gasteiger partial charge on any atom is 0.269 e. The van der Waals surface area contributed by atoms with E-state index in [0.717, 1.165) is 12.1 Å². The van der Waals surface area contributed by atoms with E-state index in [9.17, 15) is 23.6 Å². The Morgan fingerprint density at radius 2 is 1.95 bits per heavy atom. The van der Waals surface area contributed by atoms with Crippen molar-refractivity contribution in [2.24, 2.45) is 0 Å². The number of nitro benzene ring substituents is 1. The van der Waals surface area contributed by atoms with Crippen LogP contribution in [0, 0.1) is 10.1 Å². The maximum absolute atomic E-state index is 12.2. The van der Waals surface area contributed by atoms with Crippen LogP contribution in [0.3, 0.4) is 0 Å². The lowest BCUT2D eigenvalue weighted by molar-refractivity contribution is -0.384. The molecule has 0 spiro atoms. The van der Waals surface area contributed by atoms with Gasteiger partial charge in [-0.15, -0.1) is 0 Å². The summed E-state index contributed by atoms with van der Waals surface area (Å²) in [5.74, 6) is 0. The summed E-state index contributed by atoms with van der Waals surface area (Å²) in [5, 5.41) is 20.3. The van der Waals surface area contributed by atoms with Gasteiger partial charge in [-0.05, 0) is 25.5 Å². The third-order valence-corrected chi connectivity index (χ3v) is 4.96. The molecule has 1 N–H and O–H groups in total. The second kappa shape index (κ2) is 4.55. The highest BCUT2D eigenvalue weighted by Gasteiger charge is 2.38. The first-order valence-corrected chi connectivity index (χ1v) is 7.13. The number of rotatable bonds is 3. The summed E-state index contributed by atoms with van der Waals surface area (Å²) in [5.41, 5.74) is -1.18. The van der Waals surface area contributed by atoms with Gasteiger partial charge in [0.25, 0.3) is 5.69 Å². The molecule has 1 heterocycles. The number of β-amino-alcohol motifs (C(OH)–C–C–N with tert-alkyl or cyclic N) is 1. The SMILES string of the molecule is CC1(O)CCN(S(=O)(=O)c2ccc([N+](=O)[O-])cc2)C1. The van der Waals surface area contributed by atoms with Gasteiger partial charge in [-0.25, -0.2) is 8.42 Å². The second-order valence-corrected chi connectivity index (χ2v) is 6.77. The van der Waals surface area contributed by atoms with E-state index in [1.807, 2.05) is 0 Å². The number of non-ortho nitro benzene ring substituents is 1. The first-order valence-electron chi connectivity index (χ1n) is 5.69. The molecule has 8 heteroatoms. The molecule has 0 bridgehead atoms. The number of nitrogens with zero attached hydrogens (tertiary/aromatic N) is 2. The number of nitro groups is 1. The number of benzene rings is 1. The van der Waals surface area contributed by atoms with E-state index in [4.69, 9.17) is 0 Å². The largest absolute Gasteiger partial charge is 0.389 e. The highest BCUT2D eigenvalue weighted by atomic mass is 32.2. The van der Waals surface area contributed by atoms with Crippen molar-refractivity contribution in [1.29, 1.82) is 0 Å². The Bertz CT molecular complexity index is 594. The highest BCUT2D eigenvalue weighted by Crippen LogP contribution is 2.27. The van der Waals surface area contributed by atoms with Crippen LogP contribution in [-0.4, -0.2) is 41.4 Å². The van der Waals surface area contributed by atoms with Gasteiger partial charge in [-0.2, -0.15) is 4.31 Å². The summed E-state index contributed by atoms with van der Waals surface area (Å²) in [7, 11) is -3.70. The summed E-state index contributed by atoms with van der Waals surface area (Å²) in [4.78, 5) is 9.93. The zero-order valence-corrected chi connectivity index (χ0v) is 11.1. The molecule has 0 saturated carbocycles. The Hall–Kier alpha value is -1.51. The lowest BCUT2D eigenvalue weighted by atomic mass is 10.1. The molecule has 7 nitrogen and oxygen atoms in total. The van der Waals surface area contributed by atoms with Crippen LogP contribution in [0.25, 0.3) is 0 Å². The minimum atomic E-state index is -3.70. The molecule has 0 radical (unpaired) electrons. The van der Waals surface area contributed by atoms with Crippen LogP contribution in [0.15, 0.2) is 29.2 Å². The van der Waals surface area contributed by atoms with E-state index in [0.29, 0.717) is 6.42 Å². The molecule has 1 saturated heterocycles. The standard InChI is InChI=1S/C11H14N2O5S/c1-11(14)6-7-12(8-11)19(17,18)10-4-2-9(3-5-10)13(15)16/h2-5,14H,6-8H2,1H3. The maximum atomic E-state index is 12.2. The predicted octanol–water partition coefficient (Wildman–Crippen LogP) is 0.740. The van der Waals surface area contributed by atoms with E-state index < -0.39 is 20.5 Å². The Morgan fingerprint density at radius 1 is 1.37 bits per heavy atom. The van der Waals surface area contributed by atoms with Crippen LogP contribution >= 0.6 is 0 Å². The summed E-state index contributed by atoms with van der Waals surface area (Å²) < 4.78 is 25.7. The smallest absolute Gasteiger partial charge is 0.269 e. The van der Waals surface area contributed by atoms with Gasteiger partial charge < -0.3 is 5.11 Å². The fourth-order valence-corrected chi connectivity index (χ4v) is 3.56. The van der Waals surface area contributed by atoms with Crippen molar-refractivity contribution in [3.8, 4) is 0 Å². The summed E-state index contributed by atoms with van der Waals surface area (Å²) >= 11 is 0. The van der Waals surface area contributed by atoms with Crippen LogP contribution < -0.4 is 0 Å². The minimum Gasteiger partial charge on any atom is -0.389 e. The van der Waals surface area contributed by atoms with Crippen LogP contribution in [-0.2, 0) is 10.0 Å². The average Bonchev–Trinajstić information content (AvgIpc) is 2.70. The first kappa shape index (κ1) is 13.9. The van der Waals surface area contributed by atoms with Crippen LogP contribution in [0.1, 0.15) is 13.3 Å². The summed E-state index contributed by atoms with van der Waals surface area (Å²) in [6.45, 7) is 1.86. The lowest BCUT2D eigenvalue weighted by Gasteiger charge is -2.18. The van der Waals surface area contributed by atoms with E-state index in [1.54, 1.807) is 6.92 Å². The van der Waals surface area contributed by atoms with E-state index in [1.165, 1.54) is 16.4 Å². The zero-order chi connectivity index (χ0) is 14.3. The topological polar surface area (TPSA) is 101 Å². The lowest BCUT2D eigenvalue weighted by Crippen LogP contribution is -2.33. The molecule has 2 rings (SSSR count). The van der Waals surface area contributed by atoms with Crippen LogP contribution in [0.5, 0.6) is 0 Å². The number of sulfonamides is 1. The van der Waals surface area contributed by atoms with Crippen molar-refractivity contribution in [2.45, 2.75) is 23.8 Å². The van der Waals surface area contributed by atoms with Crippen molar-refractivity contribution in [1.82, 2.24) is 4.31 Å². The molecule has 1 aromatic carbocycles. The third kappa shape index (κ3) is 2.75. The van der Waals surface area contributed by atoms with Crippen LogP contribution in [0.4, 0.5) is 5.69 Å². The van der Waals surface area contributed by atoms with Gasteiger partial charge in [0.1, 0.15) is 0 Å². The molecule has 104 valence electrons. The van der Waals surface area contributed by atoms with Gasteiger partial charge in [0.05, 0.1) is 15.4 Å². The van der Waals surface area contributed by atoms with Gasteiger partial charge in [0, 0.05) is 25.2 Å². The molecule has 19 heavy (non-hydrogen) atoms. The molecule has 1 aliphatic heterocycles. The monoisotopic (exact) mass is 286 g/mol. The molecule has 1 fully saturated rings. The van der Waals surface area contributed by atoms with E-state index >= 15 is 0 Å². The molecule has 0 amide bonds. The Kier molecular flexibility index (Phi) is 3.33. The normalized spacial score (nSPS) is 24.5. The predicted molar refractivity (Wildman–Crippen MR) is 67.1 cm³/mol. The summed E-state index contributed by atoms with van der Waals surface area (Å²) in [6, 6.07) is 4.73. The highest BCUT2D eigenvalue weighted by molar-refractivity contribution is 7.89. The number of aliphatic hydroxyl groups is 1. The fraction of sp³-hybridized carbons (Fsp3) is 0.455. The zero-order valence-electron chi connectivity index (χ0n) is 10.3. The molecular formula is C11H14N2O5S. The van der Waals surface area contributed by atoms with Crippen molar-refractivity contribution >= 4 is 15.7 Å².